The van der Waals surface area contributed by atoms with Crippen LogP contribution in [-0.4, -0.2) is 26.7 Å². The van der Waals surface area contributed by atoms with Crippen molar-refractivity contribution in [3.8, 4) is 11.3 Å². The van der Waals surface area contributed by atoms with Crippen molar-refractivity contribution in [1.82, 2.24) is 14.9 Å². The van der Waals surface area contributed by atoms with Crippen LogP contribution in [0.4, 0.5) is 0 Å². The highest BCUT2D eigenvalue weighted by molar-refractivity contribution is 5.97. The van der Waals surface area contributed by atoms with Crippen molar-refractivity contribution in [3.05, 3.63) is 24.2 Å². The highest BCUT2D eigenvalue weighted by Gasteiger charge is 2.46. The molecule has 0 spiro atoms. The minimum atomic E-state index is -0.677. The van der Waals surface area contributed by atoms with Crippen LogP contribution >= 0.6 is 0 Å². The van der Waals surface area contributed by atoms with E-state index in [2.05, 4.69) is 10.3 Å². The molecular weight excluding hydrogens is 274 g/mol. The van der Waals surface area contributed by atoms with Crippen LogP contribution in [-0.2, 0) is 28.0 Å². The smallest absolute Gasteiger partial charge is 0.313 e. The summed E-state index contributed by atoms with van der Waals surface area (Å²) in [7, 11) is 1.81. The molecule has 2 heterocycles. The SMILES string of the molecule is Cn1cc(-c2cc(COC(=O)C3(C)CC(=O)C3)on2)cn1. The molecule has 0 bridgehead atoms. The third-order valence-electron chi connectivity index (χ3n) is 3.57. The van der Waals surface area contributed by atoms with Gasteiger partial charge in [-0.15, -0.1) is 0 Å². The van der Waals surface area contributed by atoms with Gasteiger partial charge >= 0.3 is 5.97 Å². The van der Waals surface area contributed by atoms with E-state index in [1.165, 1.54) is 0 Å². The number of aryl methyl sites for hydroxylation is 1. The fraction of sp³-hybridized carbons (Fsp3) is 0.429. The molecule has 0 unspecified atom stereocenters. The van der Waals surface area contributed by atoms with Crippen molar-refractivity contribution in [3.63, 3.8) is 0 Å². The normalized spacial score (nSPS) is 16.6. The van der Waals surface area contributed by atoms with Gasteiger partial charge in [0.15, 0.2) is 12.4 Å². The number of carbonyl (C=O) groups excluding carboxylic acids is 2. The van der Waals surface area contributed by atoms with Gasteiger partial charge in [0, 0.05) is 37.7 Å². The lowest BCUT2D eigenvalue weighted by atomic mass is 9.69. The molecule has 1 saturated carbocycles. The van der Waals surface area contributed by atoms with Gasteiger partial charge in [-0.2, -0.15) is 5.10 Å². The van der Waals surface area contributed by atoms with Crippen molar-refractivity contribution in [2.75, 3.05) is 0 Å². The molecule has 7 heteroatoms. The quantitative estimate of drug-likeness (QED) is 0.792. The Hall–Kier alpha value is -2.44. The largest absolute Gasteiger partial charge is 0.457 e. The Kier molecular flexibility index (Phi) is 3.12. The van der Waals surface area contributed by atoms with Gasteiger partial charge < -0.3 is 9.26 Å². The molecule has 110 valence electrons. The van der Waals surface area contributed by atoms with Gasteiger partial charge in [-0.25, -0.2) is 0 Å². The first-order valence-electron chi connectivity index (χ1n) is 6.60. The van der Waals surface area contributed by atoms with Gasteiger partial charge in [-0.3, -0.25) is 14.3 Å². The molecule has 1 aliphatic carbocycles. The lowest BCUT2D eigenvalue weighted by Gasteiger charge is -2.33. The minimum Gasteiger partial charge on any atom is -0.457 e. The van der Waals surface area contributed by atoms with E-state index >= 15 is 0 Å². The number of carbonyl (C=O) groups is 2. The highest BCUT2D eigenvalue weighted by atomic mass is 16.6. The number of nitrogens with zero attached hydrogens (tertiary/aromatic N) is 3. The zero-order valence-electron chi connectivity index (χ0n) is 11.8. The molecule has 0 atom stereocenters. The molecular formula is C14H15N3O4. The Morgan fingerprint density at radius 2 is 2.29 bits per heavy atom. The summed E-state index contributed by atoms with van der Waals surface area (Å²) in [5.41, 5.74) is 0.790. The first kappa shape index (κ1) is 13.5. The predicted molar refractivity (Wildman–Crippen MR) is 70.8 cm³/mol. The van der Waals surface area contributed by atoms with Crippen LogP contribution in [0.3, 0.4) is 0 Å². The third kappa shape index (κ3) is 2.58. The Morgan fingerprint density at radius 3 is 2.90 bits per heavy atom. The van der Waals surface area contributed by atoms with E-state index in [1.807, 2.05) is 13.2 Å². The van der Waals surface area contributed by atoms with Crippen LogP contribution in [0.15, 0.2) is 23.0 Å². The molecule has 0 saturated heterocycles. The second kappa shape index (κ2) is 4.83. The van der Waals surface area contributed by atoms with E-state index < -0.39 is 5.41 Å². The van der Waals surface area contributed by atoms with E-state index in [-0.39, 0.29) is 31.2 Å². The average molecular weight is 289 g/mol. The zero-order chi connectivity index (χ0) is 15.0. The number of esters is 1. The van der Waals surface area contributed by atoms with Gasteiger partial charge in [-0.1, -0.05) is 5.16 Å². The van der Waals surface area contributed by atoms with Crippen molar-refractivity contribution < 1.29 is 18.8 Å². The second-order valence-electron chi connectivity index (χ2n) is 5.61. The summed E-state index contributed by atoms with van der Waals surface area (Å²) in [4.78, 5) is 22.9. The summed E-state index contributed by atoms with van der Waals surface area (Å²) in [6.07, 6.45) is 4.00. The molecule has 0 N–H and O–H groups in total. The van der Waals surface area contributed by atoms with Crippen LogP contribution < -0.4 is 0 Å². The van der Waals surface area contributed by atoms with E-state index in [9.17, 15) is 9.59 Å². The van der Waals surface area contributed by atoms with E-state index in [0.29, 0.717) is 11.5 Å². The van der Waals surface area contributed by atoms with Crippen molar-refractivity contribution in [2.45, 2.75) is 26.4 Å². The summed E-state index contributed by atoms with van der Waals surface area (Å²) in [6.45, 7) is 1.74. The maximum atomic E-state index is 11.9. The van der Waals surface area contributed by atoms with Gasteiger partial charge in [0.25, 0.3) is 0 Å². The molecule has 2 aromatic rings. The van der Waals surface area contributed by atoms with Crippen LogP contribution in [0.25, 0.3) is 11.3 Å². The standard InChI is InChI=1S/C14H15N3O4/c1-14(4-10(18)5-14)13(19)20-8-11-3-12(16-21-11)9-6-15-17(2)7-9/h3,6-7H,4-5,8H2,1-2H3. The molecule has 21 heavy (non-hydrogen) atoms. The molecule has 0 radical (unpaired) electrons. The Balaban J connectivity index is 1.60. The minimum absolute atomic E-state index is 0.00980. The van der Waals surface area contributed by atoms with Crippen molar-refractivity contribution >= 4 is 11.8 Å². The van der Waals surface area contributed by atoms with Crippen LogP contribution in [0, 0.1) is 5.41 Å². The summed E-state index contributed by atoms with van der Waals surface area (Å²) >= 11 is 0. The first-order chi connectivity index (χ1) is 9.96. The van der Waals surface area contributed by atoms with Crippen LogP contribution in [0.5, 0.6) is 0 Å². The van der Waals surface area contributed by atoms with Crippen molar-refractivity contribution in [1.29, 1.82) is 0 Å². The second-order valence-corrected chi connectivity index (χ2v) is 5.61. The van der Waals surface area contributed by atoms with E-state index in [4.69, 9.17) is 9.26 Å². The molecule has 1 aliphatic rings. The number of aromatic nitrogens is 3. The fourth-order valence-corrected chi connectivity index (χ4v) is 2.34. The number of hydrogen-bond donors (Lipinski definition) is 0. The maximum Gasteiger partial charge on any atom is 0.313 e. The first-order valence-corrected chi connectivity index (χ1v) is 6.60. The van der Waals surface area contributed by atoms with Crippen molar-refractivity contribution in [2.24, 2.45) is 12.5 Å². The molecule has 1 fully saturated rings. The Labute approximate surface area is 120 Å². The molecule has 0 aromatic carbocycles. The fourth-order valence-electron chi connectivity index (χ4n) is 2.34. The molecule has 0 amide bonds. The van der Waals surface area contributed by atoms with Gasteiger partial charge in [0.05, 0.1) is 11.6 Å². The summed E-state index contributed by atoms with van der Waals surface area (Å²) < 4.78 is 12.0. The summed E-state index contributed by atoms with van der Waals surface area (Å²) in [5.74, 6) is 0.172. The molecule has 2 aromatic heterocycles. The summed E-state index contributed by atoms with van der Waals surface area (Å²) in [5, 5.41) is 7.96. The number of hydrogen-bond acceptors (Lipinski definition) is 6. The number of rotatable bonds is 4. The highest BCUT2D eigenvalue weighted by Crippen LogP contribution is 2.38. The summed E-state index contributed by atoms with van der Waals surface area (Å²) in [6, 6.07) is 1.71. The topological polar surface area (TPSA) is 87.2 Å². The van der Waals surface area contributed by atoms with Gasteiger partial charge in [0.1, 0.15) is 11.5 Å². The lowest BCUT2D eigenvalue weighted by molar-refractivity contribution is -0.166. The Morgan fingerprint density at radius 1 is 1.52 bits per heavy atom. The zero-order valence-corrected chi connectivity index (χ0v) is 11.8. The lowest BCUT2D eigenvalue weighted by Crippen LogP contribution is -2.42. The maximum absolute atomic E-state index is 11.9. The third-order valence-corrected chi connectivity index (χ3v) is 3.57. The van der Waals surface area contributed by atoms with Crippen LogP contribution in [0.2, 0.25) is 0 Å². The molecule has 7 nitrogen and oxygen atoms in total. The molecule has 3 rings (SSSR count). The monoisotopic (exact) mass is 289 g/mol. The molecule has 0 aliphatic heterocycles. The van der Waals surface area contributed by atoms with Crippen LogP contribution in [0.1, 0.15) is 25.5 Å². The van der Waals surface area contributed by atoms with E-state index in [0.717, 1.165) is 5.56 Å². The number of Topliss-reactive ketones (excluding diaryl/α,β-unsaturated/α-hetero) is 1. The van der Waals surface area contributed by atoms with Gasteiger partial charge in [-0.05, 0) is 6.92 Å². The predicted octanol–water partition coefficient (Wildman–Crippen LogP) is 1.49. The Bertz CT molecular complexity index is 693. The van der Waals surface area contributed by atoms with Gasteiger partial charge in [0.2, 0.25) is 0 Å². The average Bonchev–Trinajstić information content (AvgIpc) is 3.02. The van der Waals surface area contributed by atoms with E-state index in [1.54, 1.807) is 23.9 Å². The number of ether oxygens (including phenoxy) is 1. The number of ketones is 1.